The molecule has 1 N–H and O–H groups in total. The second kappa shape index (κ2) is 5.83. The molecule has 2 heteroatoms. The van der Waals surface area contributed by atoms with Crippen LogP contribution < -0.4 is 0 Å². The van der Waals surface area contributed by atoms with Crippen molar-refractivity contribution in [3.63, 3.8) is 0 Å². The van der Waals surface area contributed by atoms with Crippen LogP contribution in [0.5, 0.6) is 0 Å². The van der Waals surface area contributed by atoms with E-state index in [0.29, 0.717) is 5.92 Å². The summed E-state index contributed by atoms with van der Waals surface area (Å²) < 4.78 is 0. The molecule has 0 spiro atoms. The first-order valence-electron chi connectivity index (χ1n) is 6.50. The van der Waals surface area contributed by atoms with Crippen LogP contribution in [0.1, 0.15) is 43.9 Å². The lowest BCUT2D eigenvalue weighted by Crippen LogP contribution is -2.30. The third-order valence-corrected chi connectivity index (χ3v) is 4.69. The number of rotatable bonds is 4. The van der Waals surface area contributed by atoms with E-state index < -0.39 is 0 Å². The van der Waals surface area contributed by atoms with Crippen molar-refractivity contribution < 1.29 is 5.11 Å². The van der Waals surface area contributed by atoms with E-state index in [4.69, 9.17) is 0 Å². The third-order valence-electron chi connectivity index (χ3n) is 3.79. The average molecular weight is 238 g/mol. The zero-order chi connectivity index (χ0) is 11.4. The van der Waals surface area contributed by atoms with Crippen LogP contribution in [0.4, 0.5) is 0 Å². The molecule has 1 aliphatic carbocycles. The van der Waals surface area contributed by atoms with E-state index in [0.717, 1.165) is 18.8 Å². The molecule has 1 fully saturated rings. The zero-order valence-electron chi connectivity index (χ0n) is 10.1. The SMILES string of the molecule is CCCC1CCC(O)C(Cc2cccs2)C1. The highest BCUT2D eigenvalue weighted by molar-refractivity contribution is 7.09. The summed E-state index contributed by atoms with van der Waals surface area (Å²) >= 11 is 1.82. The summed E-state index contributed by atoms with van der Waals surface area (Å²) in [7, 11) is 0. The van der Waals surface area contributed by atoms with E-state index >= 15 is 0 Å². The van der Waals surface area contributed by atoms with Crippen molar-refractivity contribution in [3.8, 4) is 0 Å². The van der Waals surface area contributed by atoms with Gasteiger partial charge in [-0.15, -0.1) is 11.3 Å². The molecule has 0 amide bonds. The van der Waals surface area contributed by atoms with E-state index in [2.05, 4.69) is 24.4 Å². The Morgan fingerprint density at radius 2 is 2.31 bits per heavy atom. The third kappa shape index (κ3) is 3.08. The van der Waals surface area contributed by atoms with Gasteiger partial charge in [-0.25, -0.2) is 0 Å². The Bertz CT molecular complexity index is 294. The fourth-order valence-corrected chi connectivity index (χ4v) is 3.72. The summed E-state index contributed by atoms with van der Waals surface area (Å²) in [5.74, 6) is 1.36. The van der Waals surface area contributed by atoms with Gasteiger partial charge in [0, 0.05) is 4.88 Å². The summed E-state index contributed by atoms with van der Waals surface area (Å²) in [6, 6.07) is 4.31. The minimum Gasteiger partial charge on any atom is -0.393 e. The molecule has 1 aliphatic rings. The van der Waals surface area contributed by atoms with Gasteiger partial charge in [0.1, 0.15) is 0 Å². The average Bonchev–Trinajstić information content (AvgIpc) is 2.76. The molecule has 1 nitrogen and oxygen atoms in total. The molecule has 0 aromatic carbocycles. The quantitative estimate of drug-likeness (QED) is 0.844. The molecule has 0 saturated heterocycles. The molecule has 1 saturated carbocycles. The summed E-state index contributed by atoms with van der Waals surface area (Å²) in [5, 5.41) is 12.2. The van der Waals surface area contributed by atoms with Gasteiger partial charge in [-0.3, -0.25) is 0 Å². The molecular weight excluding hydrogens is 216 g/mol. The first-order valence-corrected chi connectivity index (χ1v) is 7.38. The molecule has 0 bridgehead atoms. The van der Waals surface area contributed by atoms with Crippen LogP contribution in [0.15, 0.2) is 17.5 Å². The summed E-state index contributed by atoms with van der Waals surface area (Å²) in [4.78, 5) is 1.43. The van der Waals surface area contributed by atoms with Crippen molar-refractivity contribution in [1.29, 1.82) is 0 Å². The van der Waals surface area contributed by atoms with Gasteiger partial charge < -0.3 is 5.11 Å². The van der Waals surface area contributed by atoms with Gasteiger partial charge >= 0.3 is 0 Å². The van der Waals surface area contributed by atoms with Crippen molar-refractivity contribution in [3.05, 3.63) is 22.4 Å². The topological polar surface area (TPSA) is 20.2 Å². The second-order valence-electron chi connectivity index (χ2n) is 5.08. The Balaban J connectivity index is 1.91. The van der Waals surface area contributed by atoms with Crippen molar-refractivity contribution in [2.24, 2.45) is 11.8 Å². The summed E-state index contributed by atoms with van der Waals surface area (Å²) in [5.41, 5.74) is 0. The van der Waals surface area contributed by atoms with Gasteiger partial charge in [-0.2, -0.15) is 0 Å². The fraction of sp³-hybridized carbons (Fsp3) is 0.714. The molecule has 3 atom stereocenters. The Morgan fingerprint density at radius 1 is 1.44 bits per heavy atom. The van der Waals surface area contributed by atoms with Gasteiger partial charge in [0.25, 0.3) is 0 Å². The number of hydrogen-bond donors (Lipinski definition) is 1. The maximum Gasteiger partial charge on any atom is 0.0572 e. The molecule has 1 heterocycles. The number of aliphatic hydroxyl groups is 1. The lowest BCUT2D eigenvalue weighted by atomic mass is 9.76. The largest absolute Gasteiger partial charge is 0.393 e. The predicted octanol–water partition coefficient (Wildman–Crippen LogP) is 3.87. The normalized spacial score (nSPS) is 30.5. The molecule has 1 aromatic heterocycles. The first-order chi connectivity index (χ1) is 7.79. The van der Waals surface area contributed by atoms with E-state index in [9.17, 15) is 5.11 Å². The lowest BCUT2D eigenvalue weighted by molar-refractivity contribution is 0.0467. The molecule has 0 aliphatic heterocycles. The number of thiophene rings is 1. The van der Waals surface area contributed by atoms with Crippen LogP contribution in [0, 0.1) is 11.8 Å². The molecule has 1 aromatic rings. The van der Waals surface area contributed by atoms with Crippen molar-refractivity contribution in [2.75, 3.05) is 0 Å². The van der Waals surface area contributed by atoms with Crippen LogP contribution in [0.3, 0.4) is 0 Å². The highest BCUT2D eigenvalue weighted by Gasteiger charge is 2.28. The van der Waals surface area contributed by atoms with E-state index in [1.165, 1.54) is 30.6 Å². The Labute approximate surface area is 103 Å². The maximum absolute atomic E-state index is 10.1. The monoisotopic (exact) mass is 238 g/mol. The Kier molecular flexibility index (Phi) is 4.42. The summed E-state index contributed by atoms with van der Waals surface area (Å²) in [6.07, 6.45) is 7.12. The van der Waals surface area contributed by atoms with Crippen LogP contribution in [-0.4, -0.2) is 11.2 Å². The minimum absolute atomic E-state index is 0.0600. The standard InChI is InChI=1S/C14H22OS/c1-2-4-11-6-7-14(15)12(9-11)10-13-5-3-8-16-13/h3,5,8,11-12,14-15H,2,4,6-7,9-10H2,1H3. The van der Waals surface area contributed by atoms with Gasteiger partial charge in [-0.05, 0) is 49.0 Å². The number of aliphatic hydroxyl groups excluding tert-OH is 1. The minimum atomic E-state index is -0.0600. The van der Waals surface area contributed by atoms with Gasteiger partial charge in [0.05, 0.1) is 6.10 Å². The fourth-order valence-electron chi connectivity index (χ4n) is 2.92. The Hall–Kier alpha value is -0.340. The van der Waals surface area contributed by atoms with Crippen LogP contribution in [0.2, 0.25) is 0 Å². The van der Waals surface area contributed by atoms with Crippen molar-refractivity contribution in [2.45, 2.75) is 51.6 Å². The molecule has 90 valence electrons. The lowest BCUT2D eigenvalue weighted by Gasteiger charge is -2.33. The molecule has 16 heavy (non-hydrogen) atoms. The maximum atomic E-state index is 10.1. The molecule has 3 unspecified atom stereocenters. The highest BCUT2D eigenvalue weighted by atomic mass is 32.1. The number of hydrogen-bond acceptors (Lipinski definition) is 2. The van der Waals surface area contributed by atoms with Crippen LogP contribution in [-0.2, 0) is 6.42 Å². The van der Waals surface area contributed by atoms with Crippen LogP contribution >= 0.6 is 11.3 Å². The second-order valence-corrected chi connectivity index (χ2v) is 6.11. The van der Waals surface area contributed by atoms with Gasteiger partial charge in [0.15, 0.2) is 0 Å². The van der Waals surface area contributed by atoms with E-state index in [1.807, 2.05) is 11.3 Å². The van der Waals surface area contributed by atoms with Gasteiger partial charge in [0.2, 0.25) is 0 Å². The smallest absolute Gasteiger partial charge is 0.0572 e. The van der Waals surface area contributed by atoms with E-state index in [-0.39, 0.29) is 6.10 Å². The van der Waals surface area contributed by atoms with Crippen molar-refractivity contribution in [1.82, 2.24) is 0 Å². The first kappa shape index (κ1) is 12.1. The highest BCUT2D eigenvalue weighted by Crippen LogP contribution is 2.34. The Morgan fingerprint density at radius 3 is 3.00 bits per heavy atom. The van der Waals surface area contributed by atoms with Crippen LogP contribution in [0.25, 0.3) is 0 Å². The van der Waals surface area contributed by atoms with Crippen molar-refractivity contribution >= 4 is 11.3 Å². The van der Waals surface area contributed by atoms with Gasteiger partial charge in [-0.1, -0.05) is 25.8 Å². The molecular formula is C14H22OS. The molecule has 0 radical (unpaired) electrons. The molecule has 2 rings (SSSR count). The summed E-state index contributed by atoms with van der Waals surface area (Å²) in [6.45, 7) is 2.26. The zero-order valence-corrected chi connectivity index (χ0v) is 10.9. The van der Waals surface area contributed by atoms with E-state index in [1.54, 1.807) is 0 Å². The predicted molar refractivity (Wildman–Crippen MR) is 69.8 cm³/mol.